The Labute approximate surface area is 109 Å². The number of hydrogen-bond donors (Lipinski definition) is 0. The van der Waals surface area contributed by atoms with E-state index in [1.807, 2.05) is 0 Å². The predicted molar refractivity (Wildman–Crippen MR) is 69.8 cm³/mol. The summed E-state index contributed by atoms with van der Waals surface area (Å²) >= 11 is 6.03. The zero-order valence-electron chi connectivity index (χ0n) is 9.88. The first-order valence-electron chi connectivity index (χ1n) is 5.19. The molecule has 0 aliphatic heterocycles. The molecule has 0 amide bonds. The van der Waals surface area contributed by atoms with Crippen LogP contribution in [0.25, 0.3) is 11.1 Å². The summed E-state index contributed by atoms with van der Waals surface area (Å²) < 4.78 is 28.7. The molecule has 7 heteroatoms. The van der Waals surface area contributed by atoms with Crippen molar-refractivity contribution in [3.8, 4) is 0 Å². The largest absolute Gasteiger partial charge is 0.419 e. The predicted octanol–water partition coefficient (Wildman–Crippen LogP) is 1.46. The number of aromatic nitrogens is 1. The molecule has 0 aliphatic rings. The van der Waals surface area contributed by atoms with Gasteiger partial charge in [-0.3, -0.25) is 4.57 Å². The minimum absolute atomic E-state index is 0.156. The van der Waals surface area contributed by atoms with Gasteiger partial charge < -0.3 is 4.42 Å². The van der Waals surface area contributed by atoms with E-state index in [2.05, 4.69) is 0 Å². The first-order chi connectivity index (χ1) is 8.28. The van der Waals surface area contributed by atoms with Gasteiger partial charge in [0.15, 0.2) is 5.58 Å². The number of rotatable bonds is 3. The van der Waals surface area contributed by atoms with Crippen molar-refractivity contribution < 1.29 is 12.8 Å². The van der Waals surface area contributed by atoms with Crippen LogP contribution in [0.4, 0.5) is 0 Å². The van der Waals surface area contributed by atoms with Crippen molar-refractivity contribution in [2.45, 2.75) is 5.38 Å². The number of halogens is 1. The van der Waals surface area contributed by atoms with Crippen LogP contribution in [0.3, 0.4) is 0 Å². The minimum Gasteiger partial charge on any atom is -0.408 e. The fourth-order valence-electron chi connectivity index (χ4n) is 1.71. The zero-order valence-corrected chi connectivity index (χ0v) is 11.5. The molecule has 2 rings (SSSR count). The van der Waals surface area contributed by atoms with Gasteiger partial charge in [0.05, 0.1) is 16.6 Å². The molecule has 1 aromatic carbocycles. The molecule has 0 saturated carbocycles. The number of aryl methyl sites for hydroxylation is 1. The summed E-state index contributed by atoms with van der Waals surface area (Å²) in [5.41, 5.74) is 1.66. The summed E-state index contributed by atoms with van der Waals surface area (Å²) in [5.74, 6) is -0.617. The van der Waals surface area contributed by atoms with E-state index in [0.717, 1.165) is 6.26 Å². The summed E-state index contributed by atoms with van der Waals surface area (Å²) in [6, 6.07) is 4.98. The maximum Gasteiger partial charge on any atom is 0.419 e. The number of oxazole rings is 1. The minimum atomic E-state index is -3.16. The third-order valence-electron chi connectivity index (χ3n) is 2.63. The Kier molecular flexibility index (Phi) is 3.25. The number of nitrogens with zero attached hydrogens (tertiary/aromatic N) is 1. The highest BCUT2D eigenvalue weighted by atomic mass is 35.5. The van der Waals surface area contributed by atoms with Crippen LogP contribution in [0.5, 0.6) is 0 Å². The monoisotopic (exact) mass is 289 g/mol. The second-order valence-electron chi connectivity index (χ2n) is 4.21. The Hall–Kier alpha value is -1.27. The van der Waals surface area contributed by atoms with Crippen molar-refractivity contribution in [3.05, 3.63) is 34.3 Å². The number of benzene rings is 1. The second kappa shape index (κ2) is 4.44. The van der Waals surface area contributed by atoms with Gasteiger partial charge in [-0.1, -0.05) is 6.07 Å². The maximum atomic E-state index is 11.3. The van der Waals surface area contributed by atoms with E-state index in [4.69, 9.17) is 16.0 Å². The normalized spacial score (nSPS) is 13.9. The molecule has 2 aromatic rings. The lowest BCUT2D eigenvalue weighted by atomic mass is 10.1. The molecule has 1 unspecified atom stereocenters. The first kappa shape index (κ1) is 13.2. The number of alkyl halides is 1. The molecule has 1 aromatic heterocycles. The summed E-state index contributed by atoms with van der Waals surface area (Å²) in [4.78, 5) is 11.3. The van der Waals surface area contributed by atoms with Crippen LogP contribution < -0.4 is 5.76 Å². The van der Waals surface area contributed by atoms with Crippen molar-refractivity contribution in [2.24, 2.45) is 7.05 Å². The van der Waals surface area contributed by atoms with E-state index in [9.17, 15) is 13.2 Å². The number of hydrogen-bond acceptors (Lipinski definition) is 4. The summed E-state index contributed by atoms with van der Waals surface area (Å²) in [7, 11) is -1.56. The Morgan fingerprint density at radius 2 is 2.11 bits per heavy atom. The fraction of sp³-hybridized carbons (Fsp3) is 0.364. The van der Waals surface area contributed by atoms with E-state index in [1.165, 1.54) is 4.57 Å². The van der Waals surface area contributed by atoms with Crippen LogP contribution in [-0.4, -0.2) is 25.0 Å². The Morgan fingerprint density at radius 3 is 2.72 bits per heavy atom. The average Bonchev–Trinajstić information content (AvgIpc) is 2.52. The smallest absolute Gasteiger partial charge is 0.408 e. The van der Waals surface area contributed by atoms with Crippen LogP contribution in [0.15, 0.2) is 27.4 Å². The molecule has 0 saturated heterocycles. The maximum absolute atomic E-state index is 11.3. The lowest BCUT2D eigenvalue weighted by Gasteiger charge is -2.08. The van der Waals surface area contributed by atoms with Gasteiger partial charge in [-0.2, -0.15) is 0 Å². The SMILES string of the molecule is Cn1c(=O)oc2cc(C(Cl)CS(C)(=O)=O)ccc21. The molecule has 1 atom stereocenters. The molecule has 0 bridgehead atoms. The molecule has 0 radical (unpaired) electrons. The van der Waals surface area contributed by atoms with Gasteiger partial charge in [0, 0.05) is 13.3 Å². The average molecular weight is 290 g/mol. The van der Waals surface area contributed by atoms with Crippen LogP contribution in [0, 0.1) is 0 Å². The van der Waals surface area contributed by atoms with Gasteiger partial charge in [-0.25, -0.2) is 13.2 Å². The Balaban J connectivity index is 2.44. The molecular weight excluding hydrogens is 278 g/mol. The second-order valence-corrected chi connectivity index (χ2v) is 6.93. The number of fused-ring (bicyclic) bond motifs is 1. The summed E-state index contributed by atoms with van der Waals surface area (Å²) in [6.07, 6.45) is 1.13. The lowest BCUT2D eigenvalue weighted by molar-refractivity contribution is 0.528. The topological polar surface area (TPSA) is 69.3 Å². The number of sulfone groups is 1. The molecule has 0 fully saturated rings. The third kappa shape index (κ3) is 2.59. The molecule has 1 heterocycles. The van der Waals surface area contributed by atoms with Gasteiger partial charge in [0.1, 0.15) is 9.84 Å². The molecule has 0 spiro atoms. The molecular formula is C11H12ClNO4S. The van der Waals surface area contributed by atoms with Crippen LogP contribution >= 0.6 is 11.6 Å². The molecule has 18 heavy (non-hydrogen) atoms. The zero-order chi connectivity index (χ0) is 13.5. The Bertz CT molecular complexity index is 744. The van der Waals surface area contributed by atoms with Gasteiger partial charge >= 0.3 is 5.76 Å². The van der Waals surface area contributed by atoms with E-state index >= 15 is 0 Å². The Morgan fingerprint density at radius 1 is 1.44 bits per heavy atom. The highest BCUT2D eigenvalue weighted by Gasteiger charge is 2.16. The van der Waals surface area contributed by atoms with Crippen molar-refractivity contribution in [1.29, 1.82) is 0 Å². The third-order valence-corrected chi connectivity index (χ3v) is 4.16. The van der Waals surface area contributed by atoms with E-state index in [-0.39, 0.29) is 5.75 Å². The molecule has 98 valence electrons. The van der Waals surface area contributed by atoms with Crippen LogP contribution in [0.2, 0.25) is 0 Å². The van der Waals surface area contributed by atoms with Crippen molar-refractivity contribution in [1.82, 2.24) is 4.57 Å². The highest BCUT2D eigenvalue weighted by Crippen LogP contribution is 2.25. The van der Waals surface area contributed by atoms with Gasteiger partial charge in [0.2, 0.25) is 0 Å². The summed E-state index contributed by atoms with van der Waals surface area (Å²) in [6.45, 7) is 0. The first-order valence-corrected chi connectivity index (χ1v) is 7.69. The lowest BCUT2D eigenvalue weighted by Crippen LogP contribution is -2.09. The standard InChI is InChI=1S/C11H12ClNO4S/c1-13-9-4-3-7(5-10(9)17-11(13)14)8(12)6-18(2,15)16/h3-5,8H,6H2,1-2H3. The highest BCUT2D eigenvalue weighted by molar-refractivity contribution is 7.90. The van der Waals surface area contributed by atoms with Crippen LogP contribution in [0.1, 0.15) is 10.9 Å². The molecule has 0 aliphatic carbocycles. The van der Waals surface area contributed by atoms with Gasteiger partial charge in [-0.15, -0.1) is 11.6 Å². The van der Waals surface area contributed by atoms with Crippen molar-refractivity contribution in [3.63, 3.8) is 0 Å². The van der Waals surface area contributed by atoms with Crippen molar-refractivity contribution in [2.75, 3.05) is 12.0 Å². The van der Waals surface area contributed by atoms with E-state index < -0.39 is 21.0 Å². The summed E-state index contributed by atoms with van der Waals surface area (Å²) in [5, 5.41) is -0.657. The van der Waals surface area contributed by atoms with E-state index in [1.54, 1.807) is 25.2 Å². The van der Waals surface area contributed by atoms with E-state index in [0.29, 0.717) is 16.7 Å². The van der Waals surface area contributed by atoms with Gasteiger partial charge in [-0.05, 0) is 17.7 Å². The fourth-order valence-corrected chi connectivity index (χ4v) is 3.25. The molecule has 0 N–H and O–H groups in total. The molecule has 5 nitrogen and oxygen atoms in total. The van der Waals surface area contributed by atoms with Crippen LogP contribution in [-0.2, 0) is 16.9 Å². The quantitative estimate of drug-likeness (QED) is 0.802. The van der Waals surface area contributed by atoms with Gasteiger partial charge in [0.25, 0.3) is 0 Å². The van der Waals surface area contributed by atoms with Crippen molar-refractivity contribution >= 4 is 32.5 Å².